The number of nitrogens with one attached hydrogen (secondary N) is 1. The highest BCUT2D eigenvalue weighted by atomic mass is 35.5. The molecule has 1 aliphatic rings. The maximum atomic E-state index is 11.5. The van der Waals surface area contributed by atoms with Gasteiger partial charge in [-0.3, -0.25) is 9.69 Å². The van der Waals surface area contributed by atoms with Crippen LogP contribution >= 0.6 is 23.2 Å². The smallest absolute Gasteiger partial charge is 0.221 e. The molecule has 4 nitrogen and oxygen atoms in total. The molecular weight excluding hydrogens is 311 g/mol. The highest BCUT2D eigenvalue weighted by Crippen LogP contribution is 2.29. The van der Waals surface area contributed by atoms with Crippen LogP contribution in [0.4, 0.5) is 0 Å². The number of amides is 1. The van der Waals surface area contributed by atoms with Crippen molar-refractivity contribution in [1.29, 1.82) is 0 Å². The highest BCUT2D eigenvalue weighted by molar-refractivity contribution is 6.42. The van der Waals surface area contributed by atoms with Crippen molar-refractivity contribution in [2.24, 2.45) is 0 Å². The minimum atomic E-state index is -0.0252. The normalized spacial score (nSPS) is 19.5. The number of carbonyl (C=O) groups is 1. The van der Waals surface area contributed by atoms with Gasteiger partial charge in [0.05, 0.1) is 22.8 Å². The average Bonchev–Trinajstić information content (AvgIpc) is 2.49. The van der Waals surface area contributed by atoms with E-state index in [-0.39, 0.29) is 12.0 Å². The van der Waals surface area contributed by atoms with Crippen LogP contribution in [0.15, 0.2) is 18.2 Å². The number of ether oxygens (including phenoxy) is 1. The third-order valence-electron chi connectivity index (χ3n) is 3.50. The van der Waals surface area contributed by atoms with Crippen molar-refractivity contribution in [2.45, 2.75) is 19.4 Å². The number of benzene rings is 1. The molecule has 1 aromatic carbocycles. The van der Waals surface area contributed by atoms with Crippen LogP contribution < -0.4 is 5.32 Å². The number of rotatable bonds is 5. The SMILES string of the molecule is CCNC(=O)CCN1CCO[C@H](c2ccc(Cl)c(Cl)c2)C1. The van der Waals surface area contributed by atoms with E-state index in [1.807, 2.05) is 19.1 Å². The fourth-order valence-corrected chi connectivity index (χ4v) is 2.67. The lowest BCUT2D eigenvalue weighted by Crippen LogP contribution is -2.40. The van der Waals surface area contributed by atoms with Gasteiger partial charge in [-0.15, -0.1) is 0 Å². The molecule has 1 atom stereocenters. The third-order valence-corrected chi connectivity index (χ3v) is 4.23. The summed E-state index contributed by atoms with van der Waals surface area (Å²) in [5, 5.41) is 3.90. The zero-order valence-electron chi connectivity index (χ0n) is 12.1. The Labute approximate surface area is 135 Å². The summed E-state index contributed by atoms with van der Waals surface area (Å²) in [5.74, 6) is 0.0927. The van der Waals surface area contributed by atoms with Crippen molar-refractivity contribution in [1.82, 2.24) is 10.2 Å². The summed E-state index contributed by atoms with van der Waals surface area (Å²) < 4.78 is 5.80. The second-order valence-electron chi connectivity index (χ2n) is 5.04. The number of hydrogen-bond donors (Lipinski definition) is 1. The summed E-state index contributed by atoms with van der Waals surface area (Å²) in [4.78, 5) is 13.8. The molecular formula is C15H20Cl2N2O2. The van der Waals surface area contributed by atoms with Crippen molar-refractivity contribution in [3.05, 3.63) is 33.8 Å². The molecule has 1 aliphatic heterocycles. The van der Waals surface area contributed by atoms with Crippen LogP contribution in [0.25, 0.3) is 0 Å². The first-order valence-corrected chi connectivity index (χ1v) is 7.91. The first-order chi connectivity index (χ1) is 10.1. The summed E-state index contributed by atoms with van der Waals surface area (Å²) in [7, 11) is 0. The minimum absolute atomic E-state index is 0.0252. The van der Waals surface area contributed by atoms with Crippen molar-refractivity contribution >= 4 is 29.1 Å². The Morgan fingerprint density at radius 1 is 1.43 bits per heavy atom. The monoisotopic (exact) mass is 330 g/mol. The van der Waals surface area contributed by atoms with Crippen LogP contribution in [-0.4, -0.2) is 43.6 Å². The average molecular weight is 331 g/mol. The maximum absolute atomic E-state index is 11.5. The van der Waals surface area contributed by atoms with E-state index in [2.05, 4.69) is 10.2 Å². The molecule has 0 spiro atoms. The molecule has 0 aromatic heterocycles. The van der Waals surface area contributed by atoms with Crippen LogP contribution in [0.3, 0.4) is 0 Å². The fraction of sp³-hybridized carbons (Fsp3) is 0.533. The predicted molar refractivity (Wildman–Crippen MR) is 84.9 cm³/mol. The molecule has 0 unspecified atom stereocenters. The van der Waals surface area contributed by atoms with Crippen LogP contribution in [0, 0.1) is 0 Å². The van der Waals surface area contributed by atoms with Crippen LogP contribution in [0.2, 0.25) is 10.0 Å². The molecule has 1 aromatic rings. The summed E-state index contributed by atoms with van der Waals surface area (Å²) in [6.07, 6.45) is 0.491. The van der Waals surface area contributed by atoms with Crippen molar-refractivity contribution in [3.8, 4) is 0 Å². The molecule has 0 radical (unpaired) electrons. The standard InChI is InChI=1S/C15H20Cl2N2O2/c1-2-18-15(20)5-6-19-7-8-21-14(10-19)11-3-4-12(16)13(17)9-11/h3-4,9,14H,2,5-8,10H2,1H3,(H,18,20)/t14-/m0/s1. The fourth-order valence-electron chi connectivity index (χ4n) is 2.37. The Bertz CT molecular complexity index is 497. The largest absolute Gasteiger partial charge is 0.371 e. The zero-order chi connectivity index (χ0) is 15.2. The van der Waals surface area contributed by atoms with Gasteiger partial charge in [-0.2, -0.15) is 0 Å². The van der Waals surface area contributed by atoms with Crippen molar-refractivity contribution < 1.29 is 9.53 Å². The number of morpholine rings is 1. The Hall–Kier alpha value is -0.810. The number of halogens is 2. The van der Waals surface area contributed by atoms with Crippen LogP contribution in [-0.2, 0) is 9.53 Å². The summed E-state index contributed by atoms with van der Waals surface area (Å²) in [6.45, 7) is 5.60. The molecule has 0 aliphatic carbocycles. The lowest BCUT2D eigenvalue weighted by atomic mass is 10.1. The van der Waals surface area contributed by atoms with Gasteiger partial charge in [-0.25, -0.2) is 0 Å². The number of carbonyl (C=O) groups excluding carboxylic acids is 1. The molecule has 0 saturated carbocycles. The first kappa shape index (κ1) is 16.6. The Morgan fingerprint density at radius 2 is 2.24 bits per heavy atom. The lowest BCUT2D eigenvalue weighted by molar-refractivity contribution is -0.121. The minimum Gasteiger partial charge on any atom is -0.371 e. The van der Waals surface area contributed by atoms with E-state index in [1.54, 1.807) is 6.07 Å². The van der Waals surface area contributed by atoms with Crippen LogP contribution in [0.5, 0.6) is 0 Å². The number of hydrogen-bond acceptors (Lipinski definition) is 3. The van der Waals surface area contributed by atoms with Gasteiger partial charge in [-0.1, -0.05) is 29.3 Å². The van der Waals surface area contributed by atoms with Gasteiger partial charge in [-0.05, 0) is 24.6 Å². The second-order valence-corrected chi connectivity index (χ2v) is 5.85. The van der Waals surface area contributed by atoms with Gasteiger partial charge in [0, 0.05) is 32.6 Å². The molecule has 21 heavy (non-hydrogen) atoms. The van der Waals surface area contributed by atoms with Gasteiger partial charge in [0.2, 0.25) is 5.91 Å². The quantitative estimate of drug-likeness (QED) is 0.902. The zero-order valence-corrected chi connectivity index (χ0v) is 13.6. The summed E-state index contributed by atoms with van der Waals surface area (Å²) in [6, 6.07) is 5.57. The third kappa shape index (κ3) is 4.85. The van der Waals surface area contributed by atoms with E-state index >= 15 is 0 Å². The van der Waals surface area contributed by atoms with Gasteiger partial charge in [0.15, 0.2) is 0 Å². The summed E-state index contributed by atoms with van der Waals surface area (Å²) in [5.41, 5.74) is 1.02. The molecule has 1 saturated heterocycles. The highest BCUT2D eigenvalue weighted by Gasteiger charge is 2.22. The molecule has 1 fully saturated rings. The molecule has 6 heteroatoms. The van der Waals surface area contributed by atoms with Gasteiger partial charge in [0.1, 0.15) is 0 Å². The maximum Gasteiger partial charge on any atom is 0.221 e. The van der Waals surface area contributed by atoms with E-state index in [0.29, 0.717) is 29.6 Å². The topological polar surface area (TPSA) is 41.6 Å². The number of nitrogens with zero attached hydrogens (tertiary/aromatic N) is 1. The molecule has 1 heterocycles. The molecule has 2 rings (SSSR count). The first-order valence-electron chi connectivity index (χ1n) is 7.15. The van der Waals surface area contributed by atoms with Crippen molar-refractivity contribution in [2.75, 3.05) is 32.8 Å². The van der Waals surface area contributed by atoms with Crippen molar-refractivity contribution in [3.63, 3.8) is 0 Å². The second kappa shape index (κ2) is 7.99. The van der Waals surface area contributed by atoms with Crippen LogP contribution in [0.1, 0.15) is 25.0 Å². The molecule has 1 N–H and O–H groups in total. The van der Waals surface area contributed by atoms with E-state index in [9.17, 15) is 4.79 Å². The van der Waals surface area contributed by atoms with Gasteiger partial charge in [0.25, 0.3) is 0 Å². The lowest BCUT2D eigenvalue weighted by Gasteiger charge is -2.33. The molecule has 1 amide bonds. The summed E-state index contributed by atoms with van der Waals surface area (Å²) >= 11 is 12.0. The molecule has 0 bridgehead atoms. The molecule has 116 valence electrons. The predicted octanol–water partition coefficient (Wildman–Crippen LogP) is 2.89. The Morgan fingerprint density at radius 3 is 2.95 bits per heavy atom. The van der Waals surface area contributed by atoms with E-state index < -0.39 is 0 Å². The van der Waals surface area contributed by atoms with Gasteiger partial charge >= 0.3 is 0 Å². The van der Waals surface area contributed by atoms with E-state index in [0.717, 1.165) is 25.2 Å². The van der Waals surface area contributed by atoms with Gasteiger partial charge < -0.3 is 10.1 Å². The van der Waals surface area contributed by atoms with E-state index in [4.69, 9.17) is 27.9 Å². The Balaban J connectivity index is 1.91. The van der Waals surface area contributed by atoms with E-state index in [1.165, 1.54) is 0 Å². The Kier molecular flexibility index (Phi) is 6.30.